The van der Waals surface area contributed by atoms with Gasteiger partial charge < -0.3 is 24.5 Å². The number of methoxy groups -OCH3 is 2. The molecule has 9 heteroatoms. The van der Waals surface area contributed by atoms with Gasteiger partial charge in [-0.05, 0) is 58.7 Å². The molecule has 0 aliphatic rings. The standard InChI is InChI=1S/C23H20BrN3O5/c1-13-8-15(16(11-25)23(29)26-13)14-9-17(24)22(20(10-14)31-3)32-12-21(28)27-18-6-4-5-7-19(18)30-2/h4-10H,12H2,1-3H3,(H,26,29)(H,27,28). The second-order valence-electron chi connectivity index (χ2n) is 6.71. The summed E-state index contributed by atoms with van der Waals surface area (Å²) in [6.07, 6.45) is 0. The molecule has 0 saturated heterocycles. The minimum Gasteiger partial charge on any atom is -0.495 e. The molecular formula is C23H20BrN3O5. The molecule has 8 nitrogen and oxygen atoms in total. The summed E-state index contributed by atoms with van der Waals surface area (Å²) in [5.74, 6) is 0.794. The highest BCUT2D eigenvalue weighted by Gasteiger charge is 2.18. The molecule has 1 heterocycles. The molecule has 1 amide bonds. The maximum absolute atomic E-state index is 12.4. The van der Waals surface area contributed by atoms with Crippen LogP contribution in [-0.4, -0.2) is 31.7 Å². The number of ether oxygens (including phenoxy) is 3. The number of nitriles is 1. The van der Waals surface area contributed by atoms with Gasteiger partial charge in [-0.25, -0.2) is 0 Å². The van der Waals surface area contributed by atoms with E-state index in [1.54, 1.807) is 49.4 Å². The number of amides is 1. The molecule has 0 atom stereocenters. The van der Waals surface area contributed by atoms with Crippen LogP contribution in [0.4, 0.5) is 5.69 Å². The van der Waals surface area contributed by atoms with Crippen molar-refractivity contribution >= 4 is 27.5 Å². The molecule has 0 aliphatic carbocycles. The summed E-state index contributed by atoms with van der Waals surface area (Å²) in [6, 6.07) is 14.0. The van der Waals surface area contributed by atoms with Crippen molar-refractivity contribution < 1.29 is 19.0 Å². The summed E-state index contributed by atoms with van der Waals surface area (Å²) in [5.41, 5.74) is 1.73. The minimum atomic E-state index is -0.467. The lowest BCUT2D eigenvalue weighted by Gasteiger charge is -2.15. The molecule has 0 fully saturated rings. The molecule has 164 valence electrons. The van der Waals surface area contributed by atoms with Crippen LogP contribution in [0.25, 0.3) is 11.1 Å². The maximum Gasteiger partial charge on any atom is 0.266 e. The molecule has 0 aliphatic heterocycles. The number of anilines is 1. The molecule has 0 unspecified atom stereocenters. The number of para-hydroxylation sites is 2. The molecule has 32 heavy (non-hydrogen) atoms. The maximum atomic E-state index is 12.4. The largest absolute Gasteiger partial charge is 0.495 e. The van der Waals surface area contributed by atoms with Crippen LogP contribution in [0.2, 0.25) is 0 Å². The number of carbonyl (C=O) groups excluding carboxylic acids is 1. The van der Waals surface area contributed by atoms with Crippen LogP contribution in [0.15, 0.2) is 51.7 Å². The SMILES string of the molecule is COc1ccccc1NC(=O)COc1c(Br)cc(-c2cc(C)[nH]c(=O)c2C#N)cc1OC. The van der Waals surface area contributed by atoms with Gasteiger partial charge >= 0.3 is 0 Å². The topological polar surface area (TPSA) is 113 Å². The number of nitrogens with zero attached hydrogens (tertiary/aromatic N) is 1. The first-order chi connectivity index (χ1) is 15.4. The average Bonchev–Trinajstić information content (AvgIpc) is 2.77. The Balaban J connectivity index is 1.86. The van der Waals surface area contributed by atoms with Crippen molar-refractivity contribution in [3.63, 3.8) is 0 Å². The van der Waals surface area contributed by atoms with E-state index in [1.807, 2.05) is 6.07 Å². The van der Waals surface area contributed by atoms with Crippen LogP contribution in [0.1, 0.15) is 11.3 Å². The molecule has 0 bridgehead atoms. The fraction of sp³-hybridized carbons (Fsp3) is 0.174. The quantitative estimate of drug-likeness (QED) is 0.509. The van der Waals surface area contributed by atoms with Crippen LogP contribution >= 0.6 is 15.9 Å². The van der Waals surface area contributed by atoms with Crippen LogP contribution < -0.4 is 25.1 Å². The lowest BCUT2D eigenvalue weighted by molar-refractivity contribution is -0.118. The number of hydrogen-bond acceptors (Lipinski definition) is 6. The van der Waals surface area contributed by atoms with E-state index in [2.05, 4.69) is 26.2 Å². The number of aryl methyl sites for hydroxylation is 1. The number of nitrogens with one attached hydrogen (secondary N) is 2. The van der Waals surface area contributed by atoms with Gasteiger partial charge in [0.25, 0.3) is 11.5 Å². The monoisotopic (exact) mass is 497 g/mol. The molecule has 2 aromatic carbocycles. The summed E-state index contributed by atoms with van der Waals surface area (Å²) in [7, 11) is 2.98. The summed E-state index contributed by atoms with van der Waals surface area (Å²) in [5, 5.41) is 12.1. The van der Waals surface area contributed by atoms with E-state index in [4.69, 9.17) is 14.2 Å². The first-order valence-electron chi connectivity index (χ1n) is 9.45. The molecule has 3 aromatic rings. The third-order valence-corrected chi connectivity index (χ3v) is 5.14. The van der Waals surface area contributed by atoms with Gasteiger partial charge in [-0.2, -0.15) is 5.26 Å². The minimum absolute atomic E-state index is 0.00518. The van der Waals surface area contributed by atoms with E-state index in [1.165, 1.54) is 14.2 Å². The summed E-state index contributed by atoms with van der Waals surface area (Å²) >= 11 is 3.43. The second-order valence-corrected chi connectivity index (χ2v) is 7.56. The normalized spacial score (nSPS) is 10.2. The van der Waals surface area contributed by atoms with E-state index < -0.39 is 5.56 Å². The van der Waals surface area contributed by atoms with Crippen molar-refractivity contribution in [1.82, 2.24) is 4.98 Å². The van der Waals surface area contributed by atoms with Gasteiger partial charge in [0.15, 0.2) is 18.1 Å². The Labute approximate surface area is 192 Å². The van der Waals surface area contributed by atoms with Crippen LogP contribution in [0.5, 0.6) is 17.2 Å². The zero-order valence-corrected chi connectivity index (χ0v) is 19.2. The third kappa shape index (κ3) is 4.92. The fourth-order valence-corrected chi connectivity index (χ4v) is 3.67. The molecule has 3 rings (SSSR count). The number of carbonyl (C=O) groups is 1. The fourth-order valence-electron chi connectivity index (χ4n) is 3.11. The average molecular weight is 498 g/mol. The lowest BCUT2D eigenvalue weighted by Crippen LogP contribution is -2.20. The Morgan fingerprint density at radius 1 is 1.16 bits per heavy atom. The Morgan fingerprint density at radius 3 is 2.56 bits per heavy atom. The lowest BCUT2D eigenvalue weighted by atomic mass is 10.0. The predicted molar refractivity (Wildman–Crippen MR) is 123 cm³/mol. The van der Waals surface area contributed by atoms with Crippen molar-refractivity contribution in [3.05, 3.63) is 68.5 Å². The predicted octanol–water partition coefficient (Wildman–Crippen LogP) is 4.02. The van der Waals surface area contributed by atoms with E-state index in [0.29, 0.717) is 44.2 Å². The van der Waals surface area contributed by atoms with Crippen molar-refractivity contribution in [2.75, 3.05) is 26.1 Å². The Morgan fingerprint density at radius 2 is 1.88 bits per heavy atom. The van der Waals surface area contributed by atoms with E-state index in [0.717, 1.165) is 0 Å². The van der Waals surface area contributed by atoms with E-state index in [-0.39, 0.29) is 18.1 Å². The Hall–Kier alpha value is -3.77. The molecule has 0 spiro atoms. The number of hydrogen-bond donors (Lipinski definition) is 2. The number of benzene rings is 2. The van der Waals surface area contributed by atoms with Gasteiger partial charge in [0.05, 0.1) is 24.4 Å². The van der Waals surface area contributed by atoms with Gasteiger partial charge in [0.1, 0.15) is 17.4 Å². The third-order valence-electron chi connectivity index (χ3n) is 4.55. The smallest absolute Gasteiger partial charge is 0.266 e. The van der Waals surface area contributed by atoms with Crippen LogP contribution in [0, 0.1) is 18.3 Å². The summed E-state index contributed by atoms with van der Waals surface area (Å²) < 4.78 is 16.9. The Bertz CT molecular complexity index is 1260. The van der Waals surface area contributed by atoms with Gasteiger partial charge in [-0.1, -0.05) is 12.1 Å². The number of aromatic amines is 1. The van der Waals surface area contributed by atoms with Crippen molar-refractivity contribution in [2.45, 2.75) is 6.92 Å². The van der Waals surface area contributed by atoms with Crippen LogP contribution in [-0.2, 0) is 4.79 Å². The van der Waals surface area contributed by atoms with E-state index in [9.17, 15) is 14.9 Å². The first-order valence-corrected chi connectivity index (χ1v) is 10.2. The number of aromatic nitrogens is 1. The highest BCUT2D eigenvalue weighted by molar-refractivity contribution is 9.10. The van der Waals surface area contributed by atoms with Crippen molar-refractivity contribution in [1.29, 1.82) is 5.26 Å². The number of H-pyrrole nitrogens is 1. The number of pyridine rings is 1. The highest BCUT2D eigenvalue weighted by atomic mass is 79.9. The molecule has 1 aromatic heterocycles. The number of halogens is 1. The van der Waals surface area contributed by atoms with E-state index >= 15 is 0 Å². The summed E-state index contributed by atoms with van der Waals surface area (Å²) in [4.78, 5) is 27.2. The van der Waals surface area contributed by atoms with Crippen LogP contribution in [0.3, 0.4) is 0 Å². The Kier molecular flexibility index (Phi) is 7.18. The van der Waals surface area contributed by atoms with Gasteiger partial charge in [0, 0.05) is 11.3 Å². The zero-order chi connectivity index (χ0) is 23.3. The first kappa shape index (κ1) is 22.9. The molecule has 0 radical (unpaired) electrons. The van der Waals surface area contributed by atoms with Crippen molar-refractivity contribution in [3.8, 4) is 34.4 Å². The molecular weight excluding hydrogens is 478 g/mol. The molecule has 2 N–H and O–H groups in total. The van der Waals surface area contributed by atoms with Gasteiger partial charge in [-0.15, -0.1) is 0 Å². The number of rotatable bonds is 7. The summed E-state index contributed by atoms with van der Waals surface area (Å²) in [6.45, 7) is 1.45. The highest BCUT2D eigenvalue weighted by Crippen LogP contribution is 2.40. The second kappa shape index (κ2) is 10.0. The van der Waals surface area contributed by atoms with Gasteiger partial charge in [0.2, 0.25) is 0 Å². The zero-order valence-electron chi connectivity index (χ0n) is 17.6. The van der Waals surface area contributed by atoms with Crippen molar-refractivity contribution in [2.24, 2.45) is 0 Å². The van der Waals surface area contributed by atoms with Gasteiger partial charge in [-0.3, -0.25) is 9.59 Å². The molecule has 0 saturated carbocycles.